The molecule has 0 aliphatic carbocycles. The van der Waals surface area contributed by atoms with Gasteiger partial charge in [0.05, 0.1) is 21.3 Å². The van der Waals surface area contributed by atoms with Gasteiger partial charge in [-0.05, 0) is 12.1 Å². The highest BCUT2D eigenvalue weighted by molar-refractivity contribution is 9.10. The Labute approximate surface area is 129 Å². The molecule has 7 nitrogen and oxygen atoms in total. The van der Waals surface area contributed by atoms with E-state index in [-0.39, 0.29) is 0 Å². The molecule has 2 unspecified atom stereocenters. The number of benzene rings is 1. The first-order valence-corrected chi connectivity index (χ1v) is 6.77. The molecule has 0 radical (unpaired) electrons. The molecule has 1 aliphatic rings. The van der Waals surface area contributed by atoms with E-state index < -0.39 is 24.2 Å². The monoisotopic (exact) mass is 359 g/mol. The van der Waals surface area contributed by atoms with E-state index in [9.17, 15) is 9.59 Å². The SMILES string of the molecule is COC(=O)C1NC(=O)OC1c1cc(OC)c(OC)cc1Br. The number of nitrogens with one attached hydrogen (secondary N) is 1. The second-order valence-electron chi connectivity index (χ2n) is 4.20. The molecule has 1 fully saturated rings. The van der Waals surface area contributed by atoms with Gasteiger partial charge in [-0.2, -0.15) is 0 Å². The lowest BCUT2D eigenvalue weighted by molar-refractivity contribution is -0.144. The number of amides is 1. The van der Waals surface area contributed by atoms with Gasteiger partial charge >= 0.3 is 12.1 Å². The van der Waals surface area contributed by atoms with Crippen LogP contribution in [-0.2, 0) is 14.3 Å². The molecule has 1 aromatic rings. The fraction of sp³-hybridized carbons (Fsp3) is 0.385. The van der Waals surface area contributed by atoms with E-state index >= 15 is 0 Å². The quantitative estimate of drug-likeness (QED) is 0.825. The molecule has 0 bridgehead atoms. The lowest BCUT2D eigenvalue weighted by atomic mass is 10.0. The van der Waals surface area contributed by atoms with Crippen LogP contribution in [0.15, 0.2) is 16.6 Å². The van der Waals surface area contributed by atoms with Crippen molar-refractivity contribution < 1.29 is 28.5 Å². The standard InChI is InChI=1S/C13H14BrNO6/c1-18-8-4-6(7(14)5-9(8)19-2)11-10(12(16)20-3)15-13(17)21-11/h4-5,10-11H,1-3H3,(H,15,17). The molecule has 0 aromatic heterocycles. The molecule has 1 heterocycles. The van der Waals surface area contributed by atoms with Gasteiger partial charge in [0.15, 0.2) is 23.6 Å². The summed E-state index contributed by atoms with van der Waals surface area (Å²) in [5, 5.41) is 2.42. The molecule has 1 aromatic carbocycles. The van der Waals surface area contributed by atoms with Crippen LogP contribution in [-0.4, -0.2) is 39.4 Å². The van der Waals surface area contributed by atoms with E-state index in [1.807, 2.05) is 0 Å². The molecule has 21 heavy (non-hydrogen) atoms. The molecule has 0 saturated carbocycles. The highest BCUT2D eigenvalue weighted by Crippen LogP contribution is 2.39. The van der Waals surface area contributed by atoms with E-state index in [1.54, 1.807) is 12.1 Å². The summed E-state index contributed by atoms with van der Waals surface area (Å²) in [6.07, 6.45) is -1.50. The Morgan fingerprint density at radius 1 is 1.24 bits per heavy atom. The van der Waals surface area contributed by atoms with Gasteiger partial charge in [-0.15, -0.1) is 0 Å². The molecular formula is C13H14BrNO6. The third kappa shape index (κ3) is 2.90. The van der Waals surface area contributed by atoms with E-state index in [1.165, 1.54) is 21.3 Å². The van der Waals surface area contributed by atoms with Gasteiger partial charge in [0.1, 0.15) is 0 Å². The van der Waals surface area contributed by atoms with Crippen LogP contribution < -0.4 is 14.8 Å². The van der Waals surface area contributed by atoms with Crippen molar-refractivity contribution in [3.05, 3.63) is 22.2 Å². The Bertz CT molecular complexity index is 576. The number of rotatable bonds is 4. The Morgan fingerprint density at radius 2 is 1.86 bits per heavy atom. The minimum Gasteiger partial charge on any atom is -0.493 e. The minimum absolute atomic E-state index is 0.460. The average Bonchev–Trinajstić information content (AvgIpc) is 2.87. The van der Waals surface area contributed by atoms with Crippen LogP contribution in [0.4, 0.5) is 4.79 Å². The van der Waals surface area contributed by atoms with Crippen molar-refractivity contribution in [2.45, 2.75) is 12.1 Å². The second-order valence-corrected chi connectivity index (χ2v) is 5.05. The zero-order valence-corrected chi connectivity index (χ0v) is 13.2. The Balaban J connectivity index is 2.44. The number of cyclic esters (lactones) is 1. The van der Waals surface area contributed by atoms with Crippen molar-refractivity contribution in [1.29, 1.82) is 0 Å². The van der Waals surface area contributed by atoms with E-state index in [0.29, 0.717) is 21.5 Å². The van der Waals surface area contributed by atoms with Gasteiger partial charge in [0.25, 0.3) is 0 Å². The maximum atomic E-state index is 11.7. The maximum absolute atomic E-state index is 11.7. The first-order chi connectivity index (χ1) is 10.0. The molecule has 2 rings (SSSR count). The zero-order chi connectivity index (χ0) is 15.6. The fourth-order valence-corrected chi connectivity index (χ4v) is 2.61. The number of ether oxygens (including phenoxy) is 4. The van der Waals surface area contributed by atoms with Gasteiger partial charge in [0, 0.05) is 10.0 Å². The molecule has 1 amide bonds. The number of hydrogen-bond acceptors (Lipinski definition) is 6. The average molecular weight is 360 g/mol. The number of esters is 1. The molecule has 8 heteroatoms. The van der Waals surface area contributed by atoms with Crippen LogP contribution in [0.3, 0.4) is 0 Å². The van der Waals surface area contributed by atoms with Crippen LogP contribution >= 0.6 is 15.9 Å². The molecule has 0 spiro atoms. The largest absolute Gasteiger partial charge is 0.493 e. The van der Waals surface area contributed by atoms with Gasteiger partial charge in [-0.25, -0.2) is 9.59 Å². The highest BCUT2D eigenvalue weighted by atomic mass is 79.9. The Morgan fingerprint density at radius 3 is 2.43 bits per heavy atom. The summed E-state index contributed by atoms with van der Waals surface area (Å²) in [5.41, 5.74) is 0.571. The molecule has 2 atom stereocenters. The highest BCUT2D eigenvalue weighted by Gasteiger charge is 2.42. The van der Waals surface area contributed by atoms with Crippen LogP contribution in [0, 0.1) is 0 Å². The summed E-state index contributed by atoms with van der Waals surface area (Å²) in [6.45, 7) is 0. The predicted octanol–water partition coefficient (Wildman–Crippen LogP) is 1.79. The zero-order valence-electron chi connectivity index (χ0n) is 11.6. The Kier molecular flexibility index (Phi) is 4.56. The Hall–Kier alpha value is -1.96. The number of alkyl carbamates (subject to hydrolysis) is 1. The van der Waals surface area contributed by atoms with Crippen molar-refractivity contribution in [3.8, 4) is 11.5 Å². The van der Waals surface area contributed by atoms with E-state index in [4.69, 9.17) is 14.2 Å². The van der Waals surface area contributed by atoms with Crippen molar-refractivity contribution in [2.24, 2.45) is 0 Å². The summed E-state index contributed by atoms with van der Waals surface area (Å²) >= 11 is 3.37. The number of halogens is 1. The van der Waals surface area contributed by atoms with Crippen LogP contribution in [0.2, 0.25) is 0 Å². The third-order valence-corrected chi connectivity index (χ3v) is 3.76. The first-order valence-electron chi connectivity index (χ1n) is 5.98. The lowest BCUT2D eigenvalue weighted by Crippen LogP contribution is -2.36. The summed E-state index contributed by atoms with van der Waals surface area (Å²) in [5.74, 6) is 0.384. The van der Waals surface area contributed by atoms with Crippen molar-refractivity contribution in [2.75, 3.05) is 21.3 Å². The van der Waals surface area contributed by atoms with Crippen molar-refractivity contribution >= 4 is 28.0 Å². The number of carbonyl (C=O) groups is 2. The summed E-state index contributed by atoms with van der Waals surface area (Å²) in [7, 11) is 4.25. The van der Waals surface area contributed by atoms with Gasteiger partial charge < -0.3 is 24.3 Å². The number of methoxy groups -OCH3 is 3. The van der Waals surface area contributed by atoms with E-state index in [2.05, 4.69) is 26.0 Å². The van der Waals surface area contributed by atoms with Gasteiger partial charge in [-0.1, -0.05) is 15.9 Å². The smallest absolute Gasteiger partial charge is 0.408 e. The third-order valence-electron chi connectivity index (χ3n) is 3.07. The molecule has 1 N–H and O–H groups in total. The lowest BCUT2D eigenvalue weighted by Gasteiger charge is -2.18. The van der Waals surface area contributed by atoms with Crippen LogP contribution in [0.25, 0.3) is 0 Å². The summed E-state index contributed by atoms with van der Waals surface area (Å²) < 4.78 is 20.8. The van der Waals surface area contributed by atoms with Crippen molar-refractivity contribution in [3.63, 3.8) is 0 Å². The van der Waals surface area contributed by atoms with Crippen LogP contribution in [0.5, 0.6) is 11.5 Å². The molecule has 1 aliphatic heterocycles. The molecular weight excluding hydrogens is 346 g/mol. The molecule has 1 saturated heterocycles. The second kappa shape index (κ2) is 6.21. The number of carbonyl (C=O) groups excluding carboxylic acids is 2. The van der Waals surface area contributed by atoms with Gasteiger partial charge in [-0.3, -0.25) is 0 Å². The van der Waals surface area contributed by atoms with E-state index in [0.717, 1.165) is 0 Å². The van der Waals surface area contributed by atoms with Gasteiger partial charge in [0.2, 0.25) is 0 Å². The van der Waals surface area contributed by atoms with Crippen molar-refractivity contribution in [1.82, 2.24) is 5.32 Å². The fourth-order valence-electron chi connectivity index (χ4n) is 2.06. The first kappa shape index (κ1) is 15.4. The number of hydrogen-bond donors (Lipinski definition) is 1. The summed E-state index contributed by atoms with van der Waals surface area (Å²) in [6, 6.07) is 2.40. The molecule has 114 valence electrons. The van der Waals surface area contributed by atoms with Crippen LogP contribution in [0.1, 0.15) is 11.7 Å². The maximum Gasteiger partial charge on any atom is 0.408 e. The predicted molar refractivity (Wildman–Crippen MR) is 75.4 cm³/mol. The normalized spacial score (nSPS) is 20.5. The summed E-state index contributed by atoms with van der Waals surface area (Å²) in [4.78, 5) is 23.2. The minimum atomic E-state index is -0.920. The topological polar surface area (TPSA) is 83.1 Å².